The Morgan fingerprint density at radius 2 is 2.08 bits per heavy atom. The van der Waals surface area contributed by atoms with Gasteiger partial charge in [0.2, 0.25) is 0 Å². The van der Waals surface area contributed by atoms with Crippen molar-refractivity contribution in [1.29, 1.82) is 0 Å². The molecule has 0 spiro atoms. The molecule has 2 atom stereocenters. The summed E-state index contributed by atoms with van der Waals surface area (Å²) in [6, 6.07) is 0.825. The SMILES string of the molecule is CCC(N)CCN(C)C(C)COC. The zero-order valence-corrected chi connectivity index (χ0v) is 9.42. The fourth-order valence-electron chi connectivity index (χ4n) is 1.16. The van der Waals surface area contributed by atoms with Crippen molar-refractivity contribution in [3.05, 3.63) is 0 Å². The van der Waals surface area contributed by atoms with Crippen LogP contribution in [0.5, 0.6) is 0 Å². The molecule has 0 heterocycles. The average Bonchev–Trinajstić information content (AvgIpc) is 2.13. The first-order valence-electron chi connectivity index (χ1n) is 5.06. The molecule has 80 valence electrons. The van der Waals surface area contributed by atoms with E-state index in [1.807, 2.05) is 0 Å². The van der Waals surface area contributed by atoms with Gasteiger partial charge in [0, 0.05) is 19.2 Å². The molecule has 0 aromatic heterocycles. The Bertz CT molecular complexity index is 119. The van der Waals surface area contributed by atoms with Crippen molar-refractivity contribution in [1.82, 2.24) is 4.90 Å². The fourth-order valence-corrected chi connectivity index (χ4v) is 1.16. The molecule has 2 N–H and O–H groups in total. The number of rotatable bonds is 7. The Balaban J connectivity index is 3.54. The minimum absolute atomic E-state index is 0.345. The normalized spacial score (nSPS) is 16.2. The lowest BCUT2D eigenvalue weighted by atomic mass is 10.1. The first-order chi connectivity index (χ1) is 6.11. The van der Waals surface area contributed by atoms with Crippen LogP contribution in [0.25, 0.3) is 0 Å². The van der Waals surface area contributed by atoms with Crippen LogP contribution >= 0.6 is 0 Å². The van der Waals surface area contributed by atoms with E-state index in [4.69, 9.17) is 10.5 Å². The lowest BCUT2D eigenvalue weighted by Gasteiger charge is -2.25. The van der Waals surface area contributed by atoms with E-state index in [0.29, 0.717) is 12.1 Å². The molecule has 0 aromatic rings. The zero-order valence-electron chi connectivity index (χ0n) is 9.42. The van der Waals surface area contributed by atoms with Gasteiger partial charge < -0.3 is 15.4 Å². The van der Waals surface area contributed by atoms with Gasteiger partial charge in [0.25, 0.3) is 0 Å². The average molecular weight is 188 g/mol. The molecule has 0 aliphatic rings. The van der Waals surface area contributed by atoms with Crippen molar-refractivity contribution in [2.24, 2.45) is 5.73 Å². The molecule has 0 radical (unpaired) electrons. The van der Waals surface area contributed by atoms with E-state index >= 15 is 0 Å². The van der Waals surface area contributed by atoms with Crippen molar-refractivity contribution >= 4 is 0 Å². The van der Waals surface area contributed by atoms with Gasteiger partial charge in [0.1, 0.15) is 0 Å². The van der Waals surface area contributed by atoms with Crippen LogP contribution in [0.3, 0.4) is 0 Å². The van der Waals surface area contributed by atoms with Gasteiger partial charge >= 0.3 is 0 Å². The molecule has 3 nitrogen and oxygen atoms in total. The van der Waals surface area contributed by atoms with Gasteiger partial charge in [-0.3, -0.25) is 0 Å². The number of methoxy groups -OCH3 is 1. The van der Waals surface area contributed by atoms with Crippen molar-refractivity contribution < 1.29 is 4.74 Å². The van der Waals surface area contributed by atoms with Gasteiger partial charge in [0.15, 0.2) is 0 Å². The summed E-state index contributed by atoms with van der Waals surface area (Å²) in [6.07, 6.45) is 2.13. The van der Waals surface area contributed by atoms with Crippen LogP contribution in [0.4, 0.5) is 0 Å². The molecule has 0 aliphatic heterocycles. The minimum atomic E-state index is 0.345. The van der Waals surface area contributed by atoms with E-state index in [1.165, 1.54) is 0 Å². The Kier molecular flexibility index (Phi) is 7.23. The van der Waals surface area contributed by atoms with Gasteiger partial charge in [-0.05, 0) is 33.4 Å². The van der Waals surface area contributed by atoms with Crippen LogP contribution in [0.15, 0.2) is 0 Å². The number of nitrogens with two attached hydrogens (primary N) is 1. The molecular weight excluding hydrogens is 164 g/mol. The van der Waals surface area contributed by atoms with Crippen LogP contribution in [-0.2, 0) is 4.74 Å². The fraction of sp³-hybridized carbons (Fsp3) is 1.00. The molecule has 0 saturated carbocycles. The summed E-state index contributed by atoms with van der Waals surface area (Å²) in [7, 11) is 3.86. The second kappa shape index (κ2) is 7.30. The van der Waals surface area contributed by atoms with E-state index in [1.54, 1.807) is 7.11 Å². The number of ether oxygens (including phenoxy) is 1. The van der Waals surface area contributed by atoms with Gasteiger partial charge in [-0.15, -0.1) is 0 Å². The molecule has 2 unspecified atom stereocenters. The summed E-state index contributed by atoms with van der Waals surface area (Å²) in [5, 5.41) is 0. The van der Waals surface area contributed by atoms with Gasteiger partial charge in [0.05, 0.1) is 6.61 Å². The van der Waals surface area contributed by atoms with E-state index < -0.39 is 0 Å². The third-order valence-electron chi connectivity index (χ3n) is 2.54. The second-order valence-electron chi connectivity index (χ2n) is 3.74. The van der Waals surface area contributed by atoms with Crippen LogP contribution in [0, 0.1) is 0 Å². The molecular formula is C10H24N2O. The van der Waals surface area contributed by atoms with Crippen LogP contribution in [0.2, 0.25) is 0 Å². The highest BCUT2D eigenvalue weighted by Gasteiger charge is 2.09. The Morgan fingerprint density at radius 3 is 2.54 bits per heavy atom. The molecule has 0 bridgehead atoms. The number of hydrogen-bond donors (Lipinski definition) is 1. The van der Waals surface area contributed by atoms with E-state index in [9.17, 15) is 0 Å². The Hall–Kier alpha value is -0.120. The van der Waals surface area contributed by atoms with Gasteiger partial charge in [-0.1, -0.05) is 6.92 Å². The van der Waals surface area contributed by atoms with Gasteiger partial charge in [-0.25, -0.2) is 0 Å². The summed E-state index contributed by atoms with van der Waals surface area (Å²) in [5.74, 6) is 0. The minimum Gasteiger partial charge on any atom is -0.383 e. The first kappa shape index (κ1) is 12.9. The lowest BCUT2D eigenvalue weighted by molar-refractivity contribution is 0.113. The maximum absolute atomic E-state index is 5.84. The molecule has 0 amide bonds. The van der Waals surface area contributed by atoms with Crippen molar-refractivity contribution in [2.75, 3.05) is 27.3 Å². The predicted molar refractivity (Wildman–Crippen MR) is 56.9 cm³/mol. The van der Waals surface area contributed by atoms with Crippen molar-refractivity contribution in [2.45, 2.75) is 38.8 Å². The summed E-state index contributed by atoms with van der Waals surface area (Å²) >= 11 is 0. The predicted octanol–water partition coefficient (Wildman–Crippen LogP) is 1.08. The summed E-state index contributed by atoms with van der Waals surface area (Å²) in [6.45, 7) is 6.14. The van der Waals surface area contributed by atoms with Crippen molar-refractivity contribution in [3.63, 3.8) is 0 Å². The lowest BCUT2D eigenvalue weighted by Crippen LogP contribution is -2.36. The topological polar surface area (TPSA) is 38.5 Å². The van der Waals surface area contributed by atoms with Crippen LogP contribution in [-0.4, -0.2) is 44.3 Å². The molecule has 0 aromatic carbocycles. The molecule has 0 aliphatic carbocycles. The smallest absolute Gasteiger partial charge is 0.0615 e. The summed E-state index contributed by atoms with van der Waals surface area (Å²) in [4.78, 5) is 2.29. The highest BCUT2D eigenvalue weighted by molar-refractivity contribution is 4.66. The van der Waals surface area contributed by atoms with Crippen LogP contribution in [0.1, 0.15) is 26.7 Å². The maximum Gasteiger partial charge on any atom is 0.0615 e. The van der Waals surface area contributed by atoms with E-state index in [-0.39, 0.29) is 0 Å². The number of hydrogen-bond acceptors (Lipinski definition) is 3. The largest absolute Gasteiger partial charge is 0.383 e. The number of nitrogens with zero attached hydrogens (tertiary/aromatic N) is 1. The standard InChI is InChI=1S/C10H24N2O/c1-5-10(11)6-7-12(3)9(2)8-13-4/h9-10H,5-8,11H2,1-4H3. The first-order valence-corrected chi connectivity index (χ1v) is 5.06. The third kappa shape index (κ3) is 6.02. The second-order valence-corrected chi connectivity index (χ2v) is 3.74. The quantitative estimate of drug-likeness (QED) is 0.650. The molecule has 13 heavy (non-hydrogen) atoms. The highest BCUT2D eigenvalue weighted by Crippen LogP contribution is 2.00. The molecule has 0 fully saturated rings. The molecule has 3 heteroatoms. The zero-order chi connectivity index (χ0) is 10.3. The molecule has 0 rings (SSSR count). The Labute approximate surface area is 82.2 Å². The monoisotopic (exact) mass is 188 g/mol. The van der Waals surface area contributed by atoms with Gasteiger partial charge in [-0.2, -0.15) is 0 Å². The summed E-state index contributed by atoms with van der Waals surface area (Å²) in [5.41, 5.74) is 5.84. The molecule has 0 saturated heterocycles. The third-order valence-corrected chi connectivity index (χ3v) is 2.54. The number of likely N-dealkylation sites (N-methyl/N-ethyl adjacent to an activating group) is 1. The van der Waals surface area contributed by atoms with E-state index in [0.717, 1.165) is 26.0 Å². The van der Waals surface area contributed by atoms with E-state index in [2.05, 4.69) is 25.8 Å². The highest BCUT2D eigenvalue weighted by atomic mass is 16.5. The Morgan fingerprint density at radius 1 is 1.46 bits per heavy atom. The maximum atomic E-state index is 5.84. The van der Waals surface area contributed by atoms with Crippen molar-refractivity contribution in [3.8, 4) is 0 Å². The summed E-state index contributed by atoms with van der Waals surface area (Å²) < 4.78 is 5.08. The van der Waals surface area contributed by atoms with Crippen LogP contribution < -0.4 is 5.73 Å².